The van der Waals surface area contributed by atoms with E-state index >= 15 is 0 Å². The fraction of sp³-hybridized carbons (Fsp3) is 0.647. The minimum atomic E-state index is 0.662. The first-order chi connectivity index (χ1) is 9.75. The van der Waals surface area contributed by atoms with Crippen LogP contribution in [0.15, 0.2) is 18.2 Å². The fourth-order valence-electron chi connectivity index (χ4n) is 2.39. The largest absolute Gasteiger partial charge is 0.486 e. The summed E-state index contributed by atoms with van der Waals surface area (Å²) in [6.45, 7) is 8.08. The van der Waals surface area contributed by atoms with E-state index < -0.39 is 0 Å². The van der Waals surface area contributed by atoms with Crippen molar-refractivity contribution in [1.29, 1.82) is 0 Å². The average Bonchev–Trinajstić information content (AvgIpc) is 2.46. The zero-order chi connectivity index (χ0) is 14.2. The van der Waals surface area contributed by atoms with Gasteiger partial charge in [0, 0.05) is 0 Å². The van der Waals surface area contributed by atoms with Gasteiger partial charge in [-0.05, 0) is 56.0 Å². The Morgan fingerprint density at radius 1 is 1.05 bits per heavy atom. The predicted molar refractivity (Wildman–Crippen MR) is 82.7 cm³/mol. The number of hydrogen-bond acceptors (Lipinski definition) is 3. The minimum Gasteiger partial charge on any atom is -0.486 e. The molecule has 3 nitrogen and oxygen atoms in total. The second-order valence-electron chi connectivity index (χ2n) is 5.89. The van der Waals surface area contributed by atoms with Gasteiger partial charge in [-0.3, -0.25) is 0 Å². The number of nitrogens with one attached hydrogen (secondary N) is 1. The summed E-state index contributed by atoms with van der Waals surface area (Å²) in [6.07, 6.45) is 4.90. The van der Waals surface area contributed by atoms with Crippen LogP contribution in [-0.2, 0) is 6.42 Å². The van der Waals surface area contributed by atoms with Crippen molar-refractivity contribution >= 4 is 0 Å². The minimum absolute atomic E-state index is 0.662. The quantitative estimate of drug-likeness (QED) is 0.739. The second-order valence-corrected chi connectivity index (χ2v) is 5.89. The first-order valence-electron chi connectivity index (χ1n) is 7.85. The molecule has 1 aromatic carbocycles. The smallest absolute Gasteiger partial charge is 0.161 e. The summed E-state index contributed by atoms with van der Waals surface area (Å²) in [7, 11) is 0. The number of ether oxygens (including phenoxy) is 2. The number of unbranched alkanes of at least 4 members (excludes halogenated alkanes) is 2. The van der Waals surface area contributed by atoms with E-state index in [0.29, 0.717) is 13.2 Å². The third-order valence-electron chi connectivity index (χ3n) is 3.48. The van der Waals surface area contributed by atoms with Gasteiger partial charge in [-0.1, -0.05) is 26.3 Å². The molecule has 2 rings (SSSR count). The topological polar surface area (TPSA) is 30.5 Å². The molecule has 1 aliphatic heterocycles. The van der Waals surface area contributed by atoms with Crippen molar-refractivity contribution in [2.75, 3.05) is 26.3 Å². The van der Waals surface area contributed by atoms with E-state index in [-0.39, 0.29) is 0 Å². The molecule has 20 heavy (non-hydrogen) atoms. The van der Waals surface area contributed by atoms with Gasteiger partial charge in [0.1, 0.15) is 13.2 Å². The highest BCUT2D eigenvalue weighted by atomic mass is 16.6. The van der Waals surface area contributed by atoms with Gasteiger partial charge in [0.25, 0.3) is 0 Å². The predicted octanol–water partition coefficient (Wildman–Crippen LogP) is 3.42. The number of benzene rings is 1. The molecule has 0 saturated carbocycles. The lowest BCUT2D eigenvalue weighted by Gasteiger charge is -2.18. The molecule has 3 heteroatoms. The Labute approximate surface area is 122 Å². The molecule has 0 atom stereocenters. The molecular formula is C17H27NO2. The Morgan fingerprint density at radius 3 is 2.65 bits per heavy atom. The monoisotopic (exact) mass is 277 g/mol. The first kappa shape index (κ1) is 15.2. The van der Waals surface area contributed by atoms with Crippen molar-refractivity contribution in [3.63, 3.8) is 0 Å². The van der Waals surface area contributed by atoms with Crippen LogP contribution in [0.25, 0.3) is 0 Å². The average molecular weight is 277 g/mol. The number of aryl methyl sites for hydroxylation is 1. The van der Waals surface area contributed by atoms with Gasteiger partial charge in [-0.25, -0.2) is 0 Å². The van der Waals surface area contributed by atoms with E-state index in [4.69, 9.17) is 9.47 Å². The van der Waals surface area contributed by atoms with Crippen molar-refractivity contribution in [3.8, 4) is 11.5 Å². The van der Waals surface area contributed by atoms with Gasteiger partial charge < -0.3 is 14.8 Å². The summed E-state index contributed by atoms with van der Waals surface area (Å²) in [5, 5.41) is 3.49. The van der Waals surface area contributed by atoms with Gasteiger partial charge in [0.2, 0.25) is 0 Å². The Bertz CT molecular complexity index is 404. The van der Waals surface area contributed by atoms with E-state index in [1.807, 2.05) is 6.07 Å². The SMILES string of the molecule is CC(C)CNCCCCCc1ccc2c(c1)OCCO2. The Kier molecular flexibility index (Phi) is 6.19. The summed E-state index contributed by atoms with van der Waals surface area (Å²) >= 11 is 0. The standard InChI is InChI=1S/C17H27NO2/c1-14(2)13-18-9-5-3-4-6-15-7-8-16-17(12-15)20-11-10-19-16/h7-8,12,14,18H,3-6,9-11,13H2,1-2H3. The molecule has 0 spiro atoms. The van der Waals surface area contributed by atoms with Crippen LogP contribution < -0.4 is 14.8 Å². The van der Waals surface area contributed by atoms with E-state index in [1.54, 1.807) is 0 Å². The highest BCUT2D eigenvalue weighted by Crippen LogP contribution is 2.31. The highest BCUT2D eigenvalue weighted by molar-refractivity contribution is 5.43. The molecular weight excluding hydrogens is 250 g/mol. The van der Waals surface area contributed by atoms with Crippen LogP contribution in [0.1, 0.15) is 38.7 Å². The summed E-state index contributed by atoms with van der Waals surface area (Å²) in [4.78, 5) is 0. The van der Waals surface area contributed by atoms with Crippen molar-refractivity contribution < 1.29 is 9.47 Å². The molecule has 1 aromatic rings. The molecule has 1 aliphatic rings. The summed E-state index contributed by atoms with van der Waals surface area (Å²) in [6, 6.07) is 6.32. The molecule has 112 valence electrons. The van der Waals surface area contributed by atoms with Crippen LogP contribution in [0.5, 0.6) is 11.5 Å². The van der Waals surface area contributed by atoms with Crippen LogP contribution in [0.2, 0.25) is 0 Å². The van der Waals surface area contributed by atoms with Gasteiger partial charge in [-0.2, -0.15) is 0 Å². The maximum Gasteiger partial charge on any atom is 0.161 e. The lowest BCUT2D eigenvalue weighted by Crippen LogP contribution is -2.20. The van der Waals surface area contributed by atoms with Gasteiger partial charge in [0.15, 0.2) is 11.5 Å². The lowest BCUT2D eigenvalue weighted by atomic mass is 10.1. The zero-order valence-electron chi connectivity index (χ0n) is 12.8. The van der Waals surface area contributed by atoms with Gasteiger partial charge in [0.05, 0.1) is 0 Å². The van der Waals surface area contributed by atoms with Crippen molar-refractivity contribution in [2.24, 2.45) is 5.92 Å². The lowest BCUT2D eigenvalue weighted by molar-refractivity contribution is 0.171. The fourth-order valence-corrected chi connectivity index (χ4v) is 2.39. The van der Waals surface area contributed by atoms with Crippen LogP contribution in [0.3, 0.4) is 0 Å². The molecule has 0 radical (unpaired) electrons. The van der Waals surface area contributed by atoms with Crippen LogP contribution in [-0.4, -0.2) is 26.3 Å². The van der Waals surface area contributed by atoms with Gasteiger partial charge in [-0.15, -0.1) is 0 Å². The highest BCUT2D eigenvalue weighted by Gasteiger charge is 2.11. The van der Waals surface area contributed by atoms with Crippen LogP contribution in [0, 0.1) is 5.92 Å². The Hall–Kier alpha value is -1.22. The third kappa shape index (κ3) is 5.04. The summed E-state index contributed by atoms with van der Waals surface area (Å²) < 4.78 is 11.1. The van der Waals surface area contributed by atoms with Crippen molar-refractivity contribution in [2.45, 2.75) is 39.5 Å². The molecule has 0 aromatic heterocycles. The molecule has 1 heterocycles. The molecule has 0 fully saturated rings. The molecule has 0 unspecified atom stereocenters. The van der Waals surface area contributed by atoms with Gasteiger partial charge >= 0.3 is 0 Å². The van der Waals surface area contributed by atoms with Crippen molar-refractivity contribution in [1.82, 2.24) is 5.32 Å². The molecule has 0 bridgehead atoms. The molecule has 0 amide bonds. The Morgan fingerprint density at radius 2 is 1.85 bits per heavy atom. The van der Waals surface area contributed by atoms with E-state index in [9.17, 15) is 0 Å². The first-order valence-corrected chi connectivity index (χ1v) is 7.85. The Balaban J connectivity index is 1.62. The number of hydrogen-bond donors (Lipinski definition) is 1. The van der Waals surface area contributed by atoms with Crippen LogP contribution >= 0.6 is 0 Å². The molecule has 0 saturated heterocycles. The van der Waals surface area contributed by atoms with E-state index in [0.717, 1.165) is 36.9 Å². The summed E-state index contributed by atoms with van der Waals surface area (Å²) in [5.74, 6) is 2.54. The normalized spacial score (nSPS) is 13.8. The maximum absolute atomic E-state index is 5.61. The number of rotatable bonds is 8. The van der Waals surface area contributed by atoms with E-state index in [2.05, 4.69) is 31.3 Å². The van der Waals surface area contributed by atoms with Crippen LogP contribution in [0.4, 0.5) is 0 Å². The van der Waals surface area contributed by atoms with Crippen molar-refractivity contribution in [3.05, 3.63) is 23.8 Å². The third-order valence-corrected chi connectivity index (χ3v) is 3.48. The number of fused-ring (bicyclic) bond motifs is 1. The van der Waals surface area contributed by atoms with E-state index in [1.165, 1.54) is 24.8 Å². The molecule has 0 aliphatic carbocycles. The molecule has 1 N–H and O–H groups in total. The second kappa shape index (κ2) is 8.15. The zero-order valence-corrected chi connectivity index (χ0v) is 12.8. The maximum atomic E-state index is 5.61. The summed E-state index contributed by atoms with van der Waals surface area (Å²) in [5.41, 5.74) is 1.35.